The van der Waals surface area contributed by atoms with Crippen LogP contribution in [-0.4, -0.2) is 11.0 Å². The predicted octanol–water partition coefficient (Wildman–Crippen LogP) is 3.92. The molecule has 2 N–H and O–H groups in total. The van der Waals surface area contributed by atoms with Gasteiger partial charge in [0, 0.05) is 23.0 Å². The standard InChI is InChI=1S/C15H17ClN2S/c1-11(17)8-12-6-7-15(18-9-12)19-10-13-4-2-3-5-14(13)16/h2-7,9,11H,8,10,17H2,1H3. The van der Waals surface area contributed by atoms with Gasteiger partial charge in [0.2, 0.25) is 0 Å². The topological polar surface area (TPSA) is 38.9 Å². The van der Waals surface area contributed by atoms with Gasteiger partial charge in [-0.2, -0.15) is 0 Å². The molecule has 2 aromatic rings. The average Bonchev–Trinajstić information content (AvgIpc) is 2.39. The molecule has 100 valence electrons. The molecule has 19 heavy (non-hydrogen) atoms. The first kappa shape index (κ1) is 14.4. The van der Waals surface area contributed by atoms with Gasteiger partial charge in [-0.25, -0.2) is 4.98 Å². The van der Waals surface area contributed by atoms with Crippen molar-refractivity contribution in [1.29, 1.82) is 0 Å². The summed E-state index contributed by atoms with van der Waals surface area (Å²) in [6.07, 6.45) is 2.76. The number of rotatable bonds is 5. The van der Waals surface area contributed by atoms with Crippen molar-refractivity contribution in [3.63, 3.8) is 0 Å². The Morgan fingerprint density at radius 3 is 2.68 bits per heavy atom. The van der Waals surface area contributed by atoms with E-state index in [4.69, 9.17) is 17.3 Å². The Morgan fingerprint density at radius 2 is 2.05 bits per heavy atom. The zero-order chi connectivity index (χ0) is 13.7. The van der Waals surface area contributed by atoms with Crippen LogP contribution >= 0.6 is 23.4 Å². The molecule has 1 heterocycles. The Kier molecular flexibility index (Phi) is 5.25. The van der Waals surface area contributed by atoms with Gasteiger partial charge < -0.3 is 5.73 Å². The van der Waals surface area contributed by atoms with E-state index in [0.29, 0.717) is 0 Å². The highest BCUT2D eigenvalue weighted by Gasteiger charge is 2.03. The van der Waals surface area contributed by atoms with E-state index in [1.807, 2.05) is 43.5 Å². The van der Waals surface area contributed by atoms with Crippen molar-refractivity contribution < 1.29 is 0 Å². The lowest BCUT2D eigenvalue weighted by atomic mass is 10.1. The fourth-order valence-electron chi connectivity index (χ4n) is 1.76. The molecule has 0 saturated heterocycles. The first-order valence-corrected chi connectivity index (χ1v) is 7.58. The zero-order valence-corrected chi connectivity index (χ0v) is 12.4. The van der Waals surface area contributed by atoms with Gasteiger partial charge in [0.25, 0.3) is 0 Å². The van der Waals surface area contributed by atoms with Crippen molar-refractivity contribution in [2.24, 2.45) is 5.73 Å². The molecule has 0 aliphatic rings. The quantitative estimate of drug-likeness (QED) is 0.849. The molecule has 0 aliphatic carbocycles. The summed E-state index contributed by atoms with van der Waals surface area (Å²) in [5, 5.41) is 1.82. The van der Waals surface area contributed by atoms with E-state index in [1.165, 1.54) is 5.56 Å². The van der Waals surface area contributed by atoms with Crippen LogP contribution < -0.4 is 5.73 Å². The zero-order valence-electron chi connectivity index (χ0n) is 10.8. The van der Waals surface area contributed by atoms with Crippen LogP contribution in [0.25, 0.3) is 0 Å². The van der Waals surface area contributed by atoms with Gasteiger partial charge in [-0.05, 0) is 36.6 Å². The van der Waals surface area contributed by atoms with E-state index in [2.05, 4.69) is 11.1 Å². The summed E-state index contributed by atoms with van der Waals surface area (Å²) in [6, 6.07) is 12.2. The number of pyridine rings is 1. The number of halogens is 1. The molecule has 2 nitrogen and oxygen atoms in total. The molecule has 0 spiro atoms. The van der Waals surface area contributed by atoms with Crippen molar-refractivity contribution in [2.75, 3.05) is 0 Å². The molecule has 0 radical (unpaired) electrons. The minimum Gasteiger partial charge on any atom is -0.328 e. The van der Waals surface area contributed by atoms with Gasteiger partial charge in [-0.1, -0.05) is 35.9 Å². The van der Waals surface area contributed by atoms with Crippen LogP contribution in [0.5, 0.6) is 0 Å². The van der Waals surface area contributed by atoms with Crippen LogP contribution in [0.4, 0.5) is 0 Å². The Balaban J connectivity index is 1.95. The summed E-state index contributed by atoms with van der Waals surface area (Å²) in [4.78, 5) is 4.44. The van der Waals surface area contributed by atoms with Gasteiger partial charge in [-0.3, -0.25) is 0 Å². The fourth-order valence-corrected chi connectivity index (χ4v) is 2.88. The number of hydrogen-bond acceptors (Lipinski definition) is 3. The molecule has 0 amide bonds. The van der Waals surface area contributed by atoms with Crippen LogP contribution in [0.3, 0.4) is 0 Å². The van der Waals surface area contributed by atoms with Gasteiger partial charge in [0.05, 0.1) is 5.03 Å². The number of nitrogens with two attached hydrogens (primary N) is 1. The third-order valence-corrected chi connectivity index (χ3v) is 4.05. The first-order valence-electron chi connectivity index (χ1n) is 6.22. The highest BCUT2D eigenvalue weighted by Crippen LogP contribution is 2.25. The number of thioether (sulfide) groups is 1. The molecule has 4 heteroatoms. The largest absolute Gasteiger partial charge is 0.328 e. The molecule has 2 rings (SSSR count). The Labute approximate surface area is 123 Å². The van der Waals surface area contributed by atoms with Gasteiger partial charge in [-0.15, -0.1) is 11.8 Å². The van der Waals surface area contributed by atoms with E-state index in [1.54, 1.807) is 11.8 Å². The summed E-state index contributed by atoms with van der Waals surface area (Å²) < 4.78 is 0. The number of hydrogen-bond donors (Lipinski definition) is 1. The minimum absolute atomic E-state index is 0.170. The van der Waals surface area contributed by atoms with E-state index in [0.717, 1.165) is 27.8 Å². The van der Waals surface area contributed by atoms with E-state index in [-0.39, 0.29) is 6.04 Å². The summed E-state index contributed by atoms with van der Waals surface area (Å²) in [6.45, 7) is 2.00. The van der Waals surface area contributed by atoms with E-state index < -0.39 is 0 Å². The smallest absolute Gasteiger partial charge is 0.0963 e. The van der Waals surface area contributed by atoms with Crippen molar-refractivity contribution in [2.45, 2.75) is 30.2 Å². The second kappa shape index (κ2) is 6.94. The molecule has 1 aromatic heterocycles. The van der Waals surface area contributed by atoms with Crippen molar-refractivity contribution in [3.05, 3.63) is 58.7 Å². The second-order valence-electron chi connectivity index (χ2n) is 4.57. The average molecular weight is 293 g/mol. The molecule has 1 unspecified atom stereocenters. The highest BCUT2D eigenvalue weighted by molar-refractivity contribution is 7.98. The third kappa shape index (κ3) is 4.53. The minimum atomic E-state index is 0.170. The maximum atomic E-state index is 6.13. The van der Waals surface area contributed by atoms with Crippen molar-refractivity contribution >= 4 is 23.4 Å². The molecular formula is C15H17ClN2S. The third-order valence-electron chi connectivity index (χ3n) is 2.69. The van der Waals surface area contributed by atoms with Gasteiger partial charge >= 0.3 is 0 Å². The molecule has 0 bridgehead atoms. The monoisotopic (exact) mass is 292 g/mol. The van der Waals surface area contributed by atoms with E-state index >= 15 is 0 Å². The Hall–Kier alpha value is -1.03. The van der Waals surface area contributed by atoms with Crippen molar-refractivity contribution in [1.82, 2.24) is 4.98 Å². The van der Waals surface area contributed by atoms with Gasteiger partial charge in [0.15, 0.2) is 0 Å². The molecule has 0 saturated carbocycles. The maximum Gasteiger partial charge on any atom is 0.0963 e. The van der Waals surface area contributed by atoms with Crippen LogP contribution in [0, 0.1) is 0 Å². The lowest BCUT2D eigenvalue weighted by Crippen LogP contribution is -2.17. The van der Waals surface area contributed by atoms with Crippen molar-refractivity contribution in [3.8, 4) is 0 Å². The fraction of sp³-hybridized carbons (Fsp3) is 0.267. The summed E-state index contributed by atoms with van der Waals surface area (Å²) in [7, 11) is 0. The first-order chi connectivity index (χ1) is 9.15. The summed E-state index contributed by atoms with van der Waals surface area (Å²) in [5.74, 6) is 0.833. The van der Waals surface area contributed by atoms with Crippen LogP contribution in [-0.2, 0) is 12.2 Å². The lowest BCUT2D eigenvalue weighted by molar-refractivity contribution is 0.734. The van der Waals surface area contributed by atoms with Crippen LogP contribution in [0.15, 0.2) is 47.6 Å². The highest BCUT2D eigenvalue weighted by atomic mass is 35.5. The Morgan fingerprint density at radius 1 is 1.26 bits per heavy atom. The van der Waals surface area contributed by atoms with Crippen LogP contribution in [0.1, 0.15) is 18.1 Å². The molecule has 0 aliphatic heterocycles. The van der Waals surface area contributed by atoms with Crippen LogP contribution in [0.2, 0.25) is 5.02 Å². The Bertz CT molecular complexity index is 526. The maximum absolute atomic E-state index is 6.13. The number of aromatic nitrogens is 1. The second-order valence-corrected chi connectivity index (χ2v) is 5.97. The number of nitrogens with zero attached hydrogens (tertiary/aromatic N) is 1. The molecular weight excluding hydrogens is 276 g/mol. The molecule has 1 atom stereocenters. The normalized spacial score (nSPS) is 12.4. The summed E-state index contributed by atoms with van der Waals surface area (Å²) >= 11 is 7.81. The molecule has 1 aromatic carbocycles. The molecule has 0 fully saturated rings. The van der Waals surface area contributed by atoms with E-state index in [9.17, 15) is 0 Å². The lowest BCUT2D eigenvalue weighted by Gasteiger charge is -2.06. The predicted molar refractivity (Wildman–Crippen MR) is 82.6 cm³/mol. The SMILES string of the molecule is CC(N)Cc1ccc(SCc2ccccc2Cl)nc1. The number of benzene rings is 1. The summed E-state index contributed by atoms with van der Waals surface area (Å²) in [5.41, 5.74) is 8.08. The van der Waals surface area contributed by atoms with Gasteiger partial charge in [0.1, 0.15) is 0 Å².